The minimum atomic E-state index is -0.448. The van der Waals surface area contributed by atoms with E-state index in [2.05, 4.69) is 20.9 Å². The van der Waals surface area contributed by atoms with Crippen molar-refractivity contribution in [2.75, 3.05) is 0 Å². The van der Waals surface area contributed by atoms with Gasteiger partial charge in [0, 0.05) is 0 Å². The van der Waals surface area contributed by atoms with E-state index < -0.39 is 5.41 Å². The summed E-state index contributed by atoms with van der Waals surface area (Å²) in [6.07, 6.45) is 2.63. The maximum atomic E-state index is 10.6. The summed E-state index contributed by atoms with van der Waals surface area (Å²) in [5.74, 6) is 0. The van der Waals surface area contributed by atoms with E-state index in [0.717, 1.165) is 15.1 Å². The minimum Gasteiger partial charge on any atom is -0.302 e. The molecule has 60 valence electrons. The number of rotatable bonds is 2. The van der Waals surface area contributed by atoms with Crippen LogP contribution >= 0.6 is 27.3 Å². The molecule has 0 aliphatic carbocycles. The Morgan fingerprint density at radius 3 is 2.73 bits per heavy atom. The molecule has 0 aliphatic rings. The summed E-state index contributed by atoms with van der Waals surface area (Å²) < 4.78 is 0.961. The number of halogens is 1. The third-order valence-corrected chi connectivity index (χ3v) is 3.14. The molecule has 4 heteroatoms. The molecule has 2 nitrogen and oxygen atoms in total. The lowest BCUT2D eigenvalue weighted by atomic mass is 9.97. The first-order valence-corrected chi connectivity index (χ1v) is 4.75. The number of aldehydes is 1. The highest BCUT2D eigenvalue weighted by Gasteiger charge is 2.22. The van der Waals surface area contributed by atoms with Crippen LogP contribution in [0.4, 0.5) is 0 Å². The van der Waals surface area contributed by atoms with Crippen molar-refractivity contribution in [2.45, 2.75) is 19.3 Å². The third kappa shape index (κ3) is 1.87. The van der Waals surface area contributed by atoms with Crippen molar-refractivity contribution in [2.24, 2.45) is 0 Å². The summed E-state index contributed by atoms with van der Waals surface area (Å²) in [6.45, 7) is 3.70. The lowest BCUT2D eigenvalue weighted by Gasteiger charge is -2.11. The van der Waals surface area contributed by atoms with Crippen molar-refractivity contribution in [3.63, 3.8) is 0 Å². The van der Waals surface area contributed by atoms with Gasteiger partial charge in [-0.05, 0) is 29.8 Å². The highest BCUT2D eigenvalue weighted by Crippen LogP contribution is 2.28. The number of hydrogen-bond donors (Lipinski definition) is 0. The number of carbonyl (C=O) groups is 1. The summed E-state index contributed by atoms with van der Waals surface area (Å²) in [7, 11) is 0. The van der Waals surface area contributed by atoms with E-state index in [1.54, 1.807) is 6.20 Å². The van der Waals surface area contributed by atoms with Crippen LogP contribution in [-0.4, -0.2) is 11.3 Å². The average Bonchev–Trinajstić information content (AvgIpc) is 2.36. The smallest absolute Gasteiger partial charge is 0.132 e. The lowest BCUT2D eigenvalue weighted by Crippen LogP contribution is -2.17. The minimum absolute atomic E-state index is 0.448. The molecule has 0 saturated heterocycles. The summed E-state index contributed by atoms with van der Waals surface area (Å²) in [5, 5.41) is 0.847. The van der Waals surface area contributed by atoms with E-state index >= 15 is 0 Å². The zero-order chi connectivity index (χ0) is 8.48. The fourth-order valence-electron chi connectivity index (χ4n) is 0.603. The van der Waals surface area contributed by atoms with E-state index in [9.17, 15) is 4.79 Å². The van der Waals surface area contributed by atoms with E-state index in [1.807, 2.05) is 13.8 Å². The summed E-state index contributed by atoms with van der Waals surface area (Å²) in [4.78, 5) is 14.7. The van der Waals surface area contributed by atoms with Gasteiger partial charge in [-0.25, -0.2) is 4.98 Å². The van der Waals surface area contributed by atoms with Crippen LogP contribution < -0.4 is 0 Å². The van der Waals surface area contributed by atoms with Crippen LogP contribution in [0.5, 0.6) is 0 Å². The van der Waals surface area contributed by atoms with E-state index in [-0.39, 0.29) is 0 Å². The van der Waals surface area contributed by atoms with Crippen molar-refractivity contribution in [1.29, 1.82) is 0 Å². The molecule has 0 saturated carbocycles. The van der Waals surface area contributed by atoms with E-state index in [1.165, 1.54) is 11.3 Å². The molecule has 0 aliphatic heterocycles. The van der Waals surface area contributed by atoms with Gasteiger partial charge in [-0.2, -0.15) is 0 Å². The largest absolute Gasteiger partial charge is 0.302 e. The highest BCUT2D eigenvalue weighted by molar-refractivity contribution is 9.11. The standard InChI is InChI=1S/C7H8BrNOS/c1-7(2,4-10)6-9-3-5(8)11-6/h3-4H,1-2H3. The Morgan fingerprint density at radius 1 is 1.73 bits per heavy atom. The Labute approximate surface area is 77.8 Å². The van der Waals surface area contributed by atoms with Crippen LogP contribution in [-0.2, 0) is 10.2 Å². The molecule has 0 fully saturated rings. The first-order valence-electron chi connectivity index (χ1n) is 3.14. The molecule has 11 heavy (non-hydrogen) atoms. The van der Waals surface area contributed by atoms with Crippen LogP contribution in [0, 0.1) is 0 Å². The van der Waals surface area contributed by atoms with Crippen molar-refractivity contribution < 1.29 is 4.79 Å². The molecule has 0 atom stereocenters. The first kappa shape index (κ1) is 8.87. The molecular formula is C7H8BrNOS. The summed E-state index contributed by atoms with van der Waals surface area (Å²) in [5.41, 5.74) is -0.448. The topological polar surface area (TPSA) is 30.0 Å². The molecule has 0 bridgehead atoms. The van der Waals surface area contributed by atoms with Gasteiger partial charge >= 0.3 is 0 Å². The maximum absolute atomic E-state index is 10.6. The second kappa shape index (κ2) is 3.03. The van der Waals surface area contributed by atoms with Crippen LogP contribution in [0.15, 0.2) is 9.98 Å². The van der Waals surface area contributed by atoms with Gasteiger partial charge in [-0.15, -0.1) is 11.3 Å². The van der Waals surface area contributed by atoms with Crippen LogP contribution in [0.3, 0.4) is 0 Å². The van der Waals surface area contributed by atoms with Crippen molar-refractivity contribution >= 4 is 33.6 Å². The molecule has 1 aromatic heterocycles. The van der Waals surface area contributed by atoms with E-state index in [4.69, 9.17) is 0 Å². The van der Waals surface area contributed by atoms with Gasteiger partial charge in [0.25, 0.3) is 0 Å². The fourth-order valence-corrected chi connectivity index (χ4v) is 1.87. The van der Waals surface area contributed by atoms with Crippen molar-refractivity contribution in [3.05, 3.63) is 15.0 Å². The Balaban J connectivity index is 3.01. The quantitative estimate of drug-likeness (QED) is 0.735. The van der Waals surface area contributed by atoms with Crippen molar-refractivity contribution in [1.82, 2.24) is 4.98 Å². The number of nitrogens with zero attached hydrogens (tertiary/aromatic N) is 1. The number of aromatic nitrogens is 1. The molecule has 1 aromatic rings. The Kier molecular flexibility index (Phi) is 2.44. The average molecular weight is 234 g/mol. The molecule has 0 N–H and O–H groups in total. The maximum Gasteiger partial charge on any atom is 0.132 e. The molecular weight excluding hydrogens is 226 g/mol. The molecule has 1 heterocycles. The Hall–Kier alpha value is -0.220. The lowest BCUT2D eigenvalue weighted by molar-refractivity contribution is -0.111. The predicted molar refractivity (Wildman–Crippen MR) is 48.9 cm³/mol. The number of thiazole rings is 1. The second-order valence-electron chi connectivity index (χ2n) is 2.81. The zero-order valence-electron chi connectivity index (χ0n) is 6.30. The molecule has 1 rings (SSSR count). The van der Waals surface area contributed by atoms with Crippen LogP contribution in [0.25, 0.3) is 0 Å². The van der Waals surface area contributed by atoms with Crippen LogP contribution in [0.2, 0.25) is 0 Å². The molecule has 0 spiro atoms. The van der Waals surface area contributed by atoms with Gasteiger partial charge in [0.2, 0.25) is 0 Å². The van der Waals surface area contributed by atoms with E-state index in [0.29, 0.717) is 0 Å². The Morgan fingerprint density at radius 2 is 2.36 bits per heavy atom. The molecule has 0 radical (unpaired) electrons. The van der Waals surface area contributed by atoms with Gasteiger partial charge in [-0.1, -0.05) is 0 Å². The number of hydrogen-bond acceptors (Lipinski definition) is 3. The summed E-state index contributed by atoms with van der Waals surface area (Å²) in [6, 6.07) is 0. The second-order valence-corrected chi connectivity index (χ2v) is 5.22. The van der Waals surface area contributed by atoms with Gasteiger partial charge in [0.15, 0.2) is 0 Å². The molecule has 0 amide bonds. The molecule has 0 aromatic carbocycles. The first-order chi connectivity index (χ1) is 5.06. The normalized spacial score (nSPS) is 11.5. The molecule has 0 unspecified atom stereocenters. The monoisotopic (exact) mass is 233 g/mol. The van der Waals surface area contributed by atoms with Gasteiger partial charge in [0.1, 0.15) is 11.3 Å². The van der Waals surface area contributed by atoms with Gasteiger partial charge in [-0.3, -0.25) is 0 Å². The Bertz CT molecular complexity index is 269. The summed E-state index contributed by atoms with van der Waals surface area (Å²) >= 11 is 4.79. The zero-order valence-corrected chi connectivity index (χ0v) is 8.70. The van der Waals surface area contributed by atoms with Gasteiger partial charge in [0.05, 0.1) is 15.4 Å². The van der Waals surface area contributed by atoms with Gasteiger partial charge < -0.3 is 4.79 Å². The van der Waals surface area contributed by atoms with Crippen LogP contribution in [0.1, 0.15) is 18.9 Å². The number of carbonyl (C=O) groups excluding carboxylic acids is 1. The third-order valence-electron chi connectivity index (χ3n) is 1.32. The van der Waals surface area contributed by atoms with Crippen molar-refractivity contribution in [3.8, 4) is 0 Å². The SMILES string of the molecule is CC(C)(C=O)c1ncc(Br)s1. The predicted octanol–water partition coefficient (Wildman–Crippen LogP) is 2.38. The fraction of sp³-hybridized carbons (Fsp3) is 0.429. The highest BCUT2D eigenvalue weighted by atomic mass is 79.9.